The van der Waals surface area contributed by atoms with Gasteiger partial charge in [-0.3, -0.25) is 0 Å². The van der Waals surface area contributed by atoms with Gasteiger partial charge in [0.2, 0.25) is 0 Å². The lowest BCUT2D eigenvalue weighted by molar-refractivity contribution is 0.0549. The molecule has 0 heterocycles. The molecule has 2 heteroatoms. The van der Waals surface area contributed by atoms with Gasteiger partial charge in [-0.05, 0) is 20.3 Å². The van der Waals surface area contributed by atoms with Gasteiger partial charge >= 0.3 is 0 Å². The monoisotopic (exact) mass is 115 g/mol. The van der Waals surface area contributed by atoms with Crippen LogP contribution in [-0.2, 0) is 0 Å². The summed E-state index contributed by atoms with van der Waals surface area (Å²) in [4.78, 5) is 0. The molecule has 1 fully saturated rings. The molecule has 2 nitrogen and oxygen atoms in total. The molecule has 8 heavy (non-hydrogen) atoms. The highest BCUT2D eigenvalue weighted by Gasteiger charge is 2.44. The minimum Gasteiger partial charge on any atom is -0.390 e. The fraction of sp³-hybridized carbons (Fsp3) is 1.00. The van der Waals surface area contributed by atoms with Crippen LogP contribution in [-0.4, -0.2) is 16.7 Å². The SMILES string of the molecule is CC(C)(O)C1CC1N. The van der Waals surface area contributed by atoms with Crippen LogP contribution in [0.15, 0.2) is 0 Å². The van der Waals surface area contributed by atoms with E-state index in [0.717, 1.165) is 6.42 Å². The Morgan fingerprint density at radius 1 is 1.62 bits per heavy atom. The summed E-state index contributed by atoms with van der Waals surface area (Å²) in [5, 5.41) is 9.25. The van der Waals surface area contributed by atoms with Gasteiger partial charge < -0.3 is 10.8 Å². The standard InChI is InChI=1S/C6H13NO/c1-6(2,8)4-3-5(4)7/h4-5,8H,3,7H2,1-2H3. The van der Waals surface area contributed by atoms with Crippen molar-refractivity contribution in [3.63, 3.8) is 0 Å². The molecule has 0 radical (unpaired) electrons. The van der Waals surface area contributed by atoms with E-state index in [9.17, 15) is 5.11 Å². The molecule has 2 atom stereocenters. The Morgan fingerprint density at radius 2 is 2.00 bits per heavy atom. The quantitative estimate of drug-likeness (QED) is 0.509. The zero-order valence-corrected chi connectivity index (χ0v) is 5.39. The molecule has 0 aromatic heterocycles. The van der Waals surface area contributed by atoms with Crippen LogP contribution in [0.5, 0.6) is 0 Å². The molecule has 0 aromatic carbocycles. The third-order valence-electron chi connectivity index (χ3n) is 1.75. The van der Waals surface area contributed by atoms with Crippen molar-refractivity contribution in [2.75, 3.05) is 0 Å². The molecule has 0 aliphatic heterocycles. The second-order valence-corrected chi connectivity index (χ2v) is 3.16. The predicted octanol–water partition coefficient (Wildman–Crippen LogP) is 0.104. The van der Waals surface area contributed by atoms with E-state index in [0.29, 0.717) is 5.92 Å². The Morgan fingerprint density at radius 3 is 2.00 bits per heavy atom. The lowest BCUT2D eigenvalue weighted by Gasteiger charge is -2.15. The summed E-state index contributed by atoms with van der Waals surface area (Å²) in [6.45, 7) is 3.62. The van der Waals surface area contributed by atoms with E-state index in [1.165, 1.54) is 0 Å². The van der Waals surface area contributed by atoms with Crippen molar-refractivity contribution in [1.82, 2.24) is 0 Å². The molecular formula is C6H13NO. The third-order valence-corrected chi connectivity index (χ3v) is 1.75. The minimum atomic E-state index is -0.542. The lowest BCUT2D eigenvalue weighted by atomic mass is 10.0. The van der Waals surface area contributed by atoms with Crippen molar-refractivity contribution in [3.05, 3.63) is 0 Å². The van der Waals surface area contributed by atoms with Gasteiger partial charge in [-0.2, -0.15) is 0 Å². The number of hydrogen-bond donors (Lipinski definition) is 2. The fourth-order valence-corrected chi connectivity index (χ4v) is 1.03. The molecule has 1 rings (SSSR count). The molecule has 48 valence electrons. The van der Waals surface area contributed by atoms with Crippen LogP contribution in [0, 0.1) is 5.92 Å². The smallest absolute Gasteiger partial charge is 0.0635 e. The fourth-order valence-electron chi connectivity index (χ4n) is 1.03. The molecule has 0 aromatic rings. The van der Waals surface area contributed by atoms with Crippen LogP contribution in [0.1, 0.15) is 20.3 Å². The normalized spacial score (nSPS) is 37.5. The van der Waals surface area contributed by atoms with Crippen molar-refractivity contribution >= 4 is 0 Å². The van der Waals surface area contributed by atoms with Crippen LogP contribution in [0.3, 0.4) is 0 Å². The van der Waals surface area contributed by atoms with Crippen molar-refractivity contribution in [2.45, 2.75) is 31.9 Å². The second kappa shape index (κ2) is 1.45. The van der Waals surface area contributed by atoms with Gasteiger partial charge in [0.15, 0.2) is 0 Å². The molecular weight excluding hydrogens is 102 g/mol. The van der Waals surface area contributed by atoms with Crippen molar-refractivity contribution in [2.24, 2.45) is 11.7 Å². The average Bonchev–Trinajstić information content (AvgIpc) is 2.13. The molecule has 2 unspecified atom stereocenters. The Kier molecular flexibility index (Phi) is 1.10. The van der Waals surface area contributed by atoms with E-state index in [-0.39, 0.29) is 6.04 Å². The highest BCUT2D eigenvalue weighted by atomic mass is 16.3. The average molecular weight is 115 g/mol. The number of aliphatic hydroxyl groups is 1. The first-order chi connectivity index (χ1) is 3.52. The number of nitrogens with two attached hydrogens (primary N) is 1. The summed E-state index contributed by atoms with van der Waals surface area (Å²) in [5.41, 5.74) is 4.95. The molecule has 0 saturated heterocycles. The second-order valence-electron chi connectivity index (χ2n) is 3.16. The van der Waals surface area contributed by atoms with Crippen LogP contribution >= 0.6 is 0 Å². The molecule has 1 saturated carbocycles. The van der Waals surface area contributed by atoms with E-state index in [4.69, 9.17) is 5.73 Å². The Bertz CT molecular complexity index is 95.2. The summed E-state index contributed by atoms with van der Waals surface area (Å²) in [6, 6.07) is 0.259. The Hall–Kier alpha value is -0.0800. The van der Waals surface area contributed by atoms with Crippen LogP contribution in [0.4, 0.5) is 0 Å². The van der Waals surface area contributed by atoms with Gasteiger partial charge in [-0.15, -0.1) is 0 Å². The van der Waals surface area contributed by atoms with E-state index in [1.807, 2.05) is 13.8 Å². The van der Waals surface area contributed by atoms with Gasteiger partial charge in [-0.1, -0.05) is 0 Å². The Balaban J connectivity index is 2.39. The third kappa shape index (κ3) is 1.01. The van der Waals surface area contributed by atoms with Gasteiger partial charge in [0.1, 0.15) is 0 Å². The first-order valence-corrected chi connectivity index (χ1v) is 3.00. The summed E-state index contributed by atoms with van der Waals surface area (Å²) < 4.78 is 0. The van der Waals surface area contributed by atoms with Crippen LogP contribution in [0.2, 0.25) is 0 Å². The molecule has 0 spiro atoms. The maximum Gasteiger partial charge on any atom is 0.0635 e. The first-order valence-electron chi connectivity index (χ1n) is 3.00. The van der Waals surface area contributed by atoms with Gasteiger partial charge in [0, 0.05) is 12.0 Å². The van der Waals surface area contributed by atoms with E-state index >= 15 is 0 Å². The minimum absolute atomic E-state index is 0.259. The maximum absolute atomic E-state index is 9.25. The number of rotatable bonds is 1. The van der Waals surface area contributed by atoms with E-state index in [1.54, 1.807) is 0 Å². The zero-order chi connectivity index (χ0) is 6.36. The van der Waals surface area contributed by atoms with Crippen molar-refractivity contribution < 1.29 is 5.11 Å². The van der Waals surface area contributed by atoms with E-state index in [2.05, 4.69) is 0 Å². The largest absolute Gasteiger partial charge is 0.390 e. The Labute approximate surface area is 49.7 Å². The molecule has 0 amide bonds. The highest BCUT2D eigenvalue weighted by molar-refractivity contribution is 4.99. The summed E-state index contributed by atoms with van der Waals surface area (Å²) in [7, 11) is 0. The number of hydrogen-bond acceptors (Lipinski definition) is 2. The van der Waals surface area contributed by atoms with Gasteiger partial charge in [0.25, 0.3) is 0 Å². The van der Waals surface area contributed by atoms with Crippen LogP contribution < -0.4 is 5.73 Å². The summed E-state index contributed by atoms with van der Waals surface area (Å²) in [6.07, 6.45) is 0.990. The van der Waals surface area contributed by atoms with Crippen LogP contribution in [0.25, 0.3) is 0 Å². The van der Waals surface area contributed by atoms with Gasteiger partial charge in [0.05, 0.1) is 5.60 Å². The highest BCUT2D eigenvalue weighted by Crippen LogP contribution is 2.37. The summed E-state index contributed by atoms with van der Waals surface area (Å²) >= 11 is 0. The topological polar surface area (TPSA) is 46.2 Å². The van der Waals surface area contributed by atoms with Gasteiger partial charge in [-0.25, -0.2) is 0 Å². The molecule has 3 N–H and O–H groups in total. The lowest BCUT2D eigenvalue weighted by Crippen LogP contribution is -2.25. The predicted molar refractivity (Wildman–Crippen MR) is 32.4 cm³/mol. The molecule has 0 bridgehead atoms. The molecule has 1 aliphatic rings. The van der Waals surface area contributed by atoms with Crippen molar-refractivity contribution in [3.8, 4) is 0 Å². The zero-order valence-electron chi connectivity index (χ0n) is 5.39. The first kappa shape index (κ1) is 6.05. The summed E-state index contributed by atoms with van der Waals surface area (Å²) in [5.74, 6) is 0.350. The van der Waals surface area contributed by atoms with Crippen molar-refractivity contribution in [1.29, 1.82) is 0 Å². The molecule has 1 aliphatic carbocycles. The maximum atomic E-state index is 9.25. The van der Waals surface area contributed by atoms with E-state index < -0.39 is 5.60 Å².